The van der Waals surface area contributed by atoms with Crippen molar-refractivity contribution in [3.8, 4) is 0 Å². The quantitative estimate of drug-likeness (QED) is 0.721. The van der Waals surface area contributed by atoms with Crippen molar-refractivity contribution in [1.29, 1.82) is 0 Å². The van der Waals surface area contributed by atoms with Crippen molar-refractivity contribution in [3.63, 3.8) is 0 Å². The standard InChI is InChI=1S/C22H20ClN3O4/c1-13-6-8-14(9-7-13)10-24-18(27)11-26-17-12-30-21(28)19(17)20(25-22(26)29)15-4-2-3-5-16(15)23/h2-9,20H,10-12H2,1H3,(H,24,27)(H,25,29)/t20-/m1/s1. The molecule has 2 aromatic rings. The van der Waals surface area contributed by atoms with Gasteiger partial charge in [0.15, 0.2) is 0 Å². The number of nitrogens with zero attached hydrogens (tertiary/aromatic N) is 1. The lowest BCUT2D eigenvalue weighted by molar-refractivity contribution is -0.136. The van der Waals surface area contributed by atoms with E-state index in [-0.39, 0.29) is 19.1 Å². The summed E-state index contributed by atoms with van der Waals surface area (Å²) in [5, 5.41) is 6.00. The van der Waals surface area contributed by atoms with Gasteiger partial charge in [0, 0.05) is 11.6 Å². The van der Waals surface area contributed by atoms with Gasteiger partial charge in [-0.3, -0.25) is 9.69 Å². The Morgan fingerprint density at radius 2 is 1.93 bits per heavy atom. The number of halogens is 1. The second-order valence-electron chi connectivity index (χ2n) is 7.19. The molecule has 8 heteroatoms. The molecule has 2 aliphatic rings. The lowest BCUT2D eigenvalue weighted by atomic mass is 9.95. The summed E-state index contributed by atoms with van der Waals surface area (Å²) in [6.45, 7) is 2.05. The molecule has 30 heavy (non-hydrogen) atoms. The van der Waals surface area contributed by atoms with Crippen LogP contribution in [0, 0.1) is 6.92 Å². The van der Waals surface area contributed by atoms with Crippen LogP contribution in [-0.2, 0) is 20.9 Å². The number of carbonyl (C=O) groups is 3. The van der Waals surface area contributed by atoms with E-state index in [0.29, 0.717) is 28.4 Å². The Bertz CT molecular complexity index is 1050. The molecule has 7 nitrogen and oxygen atoms in total. The Labute approximate surface area is 178 Å². The van der Waals surface area contributed by atoms with E-state index in [9.17, 15) is 14.4 Å². The Hall–Kier alpha value is -3.32. The maximum Gasteiger partial charge on any atom is 0.338 e. The van der Waals surface area contributed by atoms with Gasteiger partial charge in [0.25, 0.3) is 0 Å². The summed E-state index contributed by atoms with van der Waals surface area (Å²) in [7, 11) is 0. The van der Waals surface area contributed by atoms with E-state index in [2.05, 4.69) is 10.6 Å². The minimum absolute atomic E-state index is 0.0617. The van der Waals surface area contributed by atoms with Crippen molar-refractivity contribution in [2.75, 3.05) is 13.2 Å². The predicted molar refractivity (Wildman–Crippen MR) is 110 cm³/mol. The summed E-state index contributed by atoms with van der Waals surface area (Å²) in [4.78, 5) is 38.9. The molecule has 0 saturated carbocycles. The fourth-order valence-corrected chi connectivity index (χ4v) is 3.77. The molecule has 0 saturated heterocycles. The molecule has 4 rings (SSSR count). The van der Waals surface area contributed by atoms with Crippen LogP contribution in [0.15, 0.2) is 59.8 Å². The van der Waals surface area contributed by atoms with Crippen LogP contribution in [0.4, 0.5) is 4.79 Å². The molecule has 0 unspecified atom stereocenters. The number of cyclic esters (lactones) is 1. The zero-order valence-corrected chi connectivity index (χ0v) is 17.0. The number of amides is 3. The molecule has 2 aliphatic heterocycles. The van der Waals surface area contributed by atoms with Gasteiger partial charge in [0.1, 0.15) is 13.2 Å². The van der Waals surface area contributed by atoms with Crippen molar-refractivity contribution in [3.05, 3.63) is 81.5 Å². The average Bonchev–Trinajstić information content (AvgIpc) is 3.11. The fraction of sp³-hybridized carbons (Fsp3) is 0.227. The van der Waals surface area contributed by atoms with Crippen LogP contribution in [-0.4, -0.2) is 36.0 Å². The molecule has 0 radical (unpaired) electrons. The van der Waals surface area contributed by atoms with Crippen LogP contribution in [0.2, 0.25) is 5.02 Å². The molecule has 2 heterocycles. The molecule has 1 atom stereocenters. The summed E-state index contributed by atoms with van der Waals surface area (Å²) in [6, 6.07) is 13.6. The zero-order valence-electron chi connectivity index (χ0n) is 16.3. The van der Waals surface area contributed by atoms with Crippen LogP contribution < -0.4 is 10.6 Å². The summed E-state index contributed by atoms with van der Waals surface area (Å²) in [6.07, 6.45) is 0. The first-order valence-corrected chi connectivity index (χ1v) is 9.86. The minimum Gasteiger partial charge on any atom is -0.456 e. The molecule has 3 amide bonds. The second-order valence-corrected chi connectivity index (χ2v) is 7.60. The fourth-order valence-electron chi connectivity index (χ4n) is 3.53. The third kappa shape index (κ3) is 3.89. The van der Waals surface area contributed by atoms with Crippen molar-refractivity contribution in [2.45, 2.75) is 19.5 Å². The Kier molecular flexibility index (Phi) is 5.46. The molecular weight excluding hydrogens is 406 g/mol. The smallest absolute Gasteiger partial charge is 0.338 e. The average molecular weight is 426 g/mol. The predicted octanol–water partition coefficient (Wildman–Crippen LogP) is 2.84. The van der Waals surface area contributed by atoms with Crippen LogP contribution >= 0.6 is 11.6 Å². The van der Waals surface area contributed by atoms with Crippen LogP contribution in [0.5, 0.6) is 0 Å². The topological polar surface area (TPSA) is 87.7 Å². The van der Waals surface area contributed by atoms with Crippen LogP contribution in [0.1, 0.15) is 22.7 Å². The molecular formula is C22H20ClN3O4. The summed E-state index contributed by atoms with van der Waals surface area (Å²) in [5.41, 5.74) is 3.37. The Morgan fingerprint density at radius 3 is 2.67 bits per heavy atom. The van der Waals surface area contributed by atoms with E-state index < -0.39 is 18.0 Å². The normalized spacial score (nSPS) is 18.1. The second kappa shape index (κ2) is 8.20. The molecule has 0 aliphatic carbocycles. The molecule has 2 aromatic carbocycles. The highest BCUT2D eigenvalue weighted by Crippen LogP contribution is 2.37. The molecule has 0 aromatic heterocycles. The van der Waals surface area contributed by atoms with Crippen LogP contribution in [0.3, 0.4) is 0 Å². The van der Waals surface area contributed by atoms with Gasteiger partial charge in [-0.15, -0.1) is 0 Å². The zero-order chi connectivity index (χ0) is 21.3. The number of benzene rings is 2. The van der Waals surface area contributed by atoms with Crippen molar-refractivity contribution < 1.29 is 19.1 Å². The highest BCUT2D eigenvalue weighted by Gasteiger charge is 2.43. The lowest BCUT2D eigenvalue weighted by Crippen LogP contribution is -2.50. The number of rotatable bonds is 5. The first-order chi connectivity index (χ1) is 14.4. The number of esters is 1. The van der Waals surface area contributed by atoms with Gasteiger partial charge in [-0.1, -0.05) is 59.6 Å². The van der Waals surface area contributed by atoms with Gasteiger partial charge < -0.3 is 15.4 Å². The Balaban J connectivity index is 1.52. The molecule has 154 valence electrons. The van der Waals surface area contributed by atoms with Crippen LogP contribution in [0.25, 0.3) is 0 Å². The number of hydrogen-bond donors (Lipinski definition) is 2. The lowest BCUT2D eigenvalue weighted by Gasteiger charge is -2.32. The number of ether oxygens (including phenoxy) is 1. The van der Waals surface area contributed by atoms with Gasteiger partial charge in [-0.05, 0) is 24.1 Å². The Morgan fingerprint density at radius 1 is 1.20 bits per heavy atom. The SMILES string of the molecule is Cc1ccc(CNC(=O)CN2C(=O)N[C@H](c3ccccc3Cl)C3=C2COC3=O)cc1. The van der Waals surface area contributed by atoms with E-state index >= 15 is 0 Å². The first-order valence-electron chi connectivity index (χ1n) is 9.49. The van der Waals surface area contributed by atoms with Gasteiger partial charge in [-0.2, -0.15) is 0 Å². The maximum atomic E-state index is 12.8. The first kappa shape index (κ1) is 20.0. The highest BCUT2D eigenvalue weighted by molar-refractivity contribution is 6.31. The largest absolute Gasteiger partial charge is 0.456 e. The molecule has 2 N–H and O–H groups in total. The number of carbonyl (C=O) groups excluding carboxylic acids is 3. The summed E-state index contributed by atoms with van der Waals surface area (Å²) in [5.74, 6) is -0.867. The van der Waals surface area contributed by atoms with Gasteiger partial charge in [0.05, 0.1) is 17.3 Å². The van der Waals surface area contributed by atoms with Gasteiger partial charge >= 0.3 is 12.0 Å². The third-order valence-electron chi connectivity index (χ3n) is 5.13. The van der Waals surface area contributed by atoms with E-state index in [1.54, 1.807) is 24.3 Å². The van der Waals surface area contributed by atoms with E-state index in [4.69, 9.17) is 16.3 Å². The number of aryl methyl sites for hydroxylation is 1. The van der Waals surface area contributed by atoms with Crippen molar-refractivity contribution >= 4 is 29.5 Å². The van der Waals surface area contributed by atoms with Crippen molar-refractivity contribution in [1.82, 2.24) is 15.5 Å². The number of nitrogens with one attached hydrogen (secondary N) is 2. The number of hydrogen-bond acceptors (Lipinski definition) is 4. The molecule has 0 bridgehead atoms. The monoisotopic (exact) mass is 425 g/mol. The van der Waals surface area contributed by atoms with Gasteiger partial charge in [-0.25, -0.2) is 9.59 Å². The maximum absolute atomic E-state index is 12.8. The summed E-state index contributed by atoms with van der Waals surface area (Å²) >= 11 is 6.27. The van der Waals surface area contributed by atoms with Crippen molar-refractivity contribution in [2.24, 2.45) is 0 Å². The summed E-state index contributed by atoms with van der Waals surface area (Å²) < 4.78 is 5.17. The van der Waals surface area contributed by atoms with E-state index in [1.807, 2.05) is 31.2 Å². The molecule has 0 fully saturated rings. The van der Waals surface area contributed by atoms with E-state index in [0.717, 1.165) is 11.1 Å². The van der Waals surface area contributed by atoms with Gasteiger partial charge in [0.2, 0.25) is 5.91 Å². The minimum atomic E-state index is -0.719. The third-order valence-corrected chi connectivity index (χ3v) is 5.47. The van der Waals surface area contributed by atoms with E-state index in [1.165, 1.54) is 4.90 Å². The number of urea groups is 1. The highest BCUT2D eigenvalue weighted by atomic mass is 35.5. The molecule has 0 spiro atoms.